The van der Waals surface area contributed by atoms with E-state index in [1.165, 1.54) is 0 Å². The number of para-hydroxylation sites is 1. The summed E-state index contributed by atoms with van der Waals surface area (Å²) in [6, 6.07) is 7.86. The van der Waals surface area contributed by atoms with Gasteiger partial charge in [-0.1, -0.05) is 18.2 Å². The molecule has 2 aromatic heterocycles. The van der Waals surface area contributed by atoms with Gasteiger partial charge in [-0.3, -0.25) is 4.98 Å². The molecule has 5 heteroatoms. The van der Waals surface area contributed by atoms with E-state index in [1.807, 2.05) is 30.5 Å². The van der Waals surface area contributed by atoms with Gasteiger partial charge in [-0.25, -0.2) is 4.68 Å². The molecule has 2 N–H and O–H groups in total. The van der Waals surface area contributed by atoms with Crippen molar-refractivity contribution >= 4 is 32.5 Å². The Morgan fingerprint density at radius 2 is 2.00 bits per heavy atom. The smallest absolute Gasteiger partial charge is 0.0985 e. The lowest BCUT2D eigenvalue weighted by Gasteiger charge is -2.08. The van der Waals surface area contributed by atoms with Gasteiger partial charge in [0.05, 0.1) is 33.8 Å². The summed E-state index contributed by atoms with van der Waals surface area (Å²) in [5.41, 5.74) is 8.37. The highest BCUT2D eigenvalue weighted by Gasteiger charge is 2.09. The normalized spacial score (nSPS) is 10.9. The van der Waals surface area contributed by atoms with Crippen LogP contribution in [0.15, 0.2) is 47.3 Å². The number of halogens is 1. The number of hydrogen-bond donors (Lipinski definition) is 1. The topological polar surface area (TPSA) is 56.7 Å². The van der Waals surface area contributed by atoms with E-state index >= 15 is 0 Å². The molecule has 0 aliphatic heterocycles. The van der Waals surface area contributed by atoms with Crippen LogP contribution in [0, 0.1) is 0 Å². The molecule has 4 nitrogen and oxygen atoms in total. The van der Waals surface area contributed by atoms with Crippen molar-refractivity contribution in [2.24, 2.45) is 0 Å². The number of aromatic nitrogens is 3. The van der Waals surface area contributed by atoms with E-state index in [2.05, 4.69) is 26.0 Å². The average molecular weight is 289 g/mol. The lowest BCUT2D eigenvalue weighted by molar-refractivity contribution is 0.888. The first kappa shape index (κ1) is 10.3. The molecule has 0 fully saturated rings. The number of nitrogens with zero attached hydrogens (tertiary/aromatic N) is 3. The van der Waals surface area contributed by atoms with Crippen LogP contribution in [0.2, 0.25) is 0 Å². The molecule has 2 heterocycles. The van der Waals surface area contributed by atoms with Crippen LogP contribution in [0.5, 0.6) is 0 Å². The Hall–Kier alpha value is -1.88. The van der Waals surface area contributed by atoms with E-state index in [1.54, 1.807) is 17.1 Å². The van der Waals surface area contributed by atoms with Gasteiger partial charge in [-0.05, 0) is 22.0 Å². The molecule has 3 aromatic rings. The number of benzene rings is 1. The number of nitrogens with two attached hydrogens (primary N) is 1. The molecule has 1 aromatic carbocycles. The second-order valence-electron chi connectivity index (χ2n) is 3.68. The van der Waals surface area contributed by atoms with Gasteiger partial charge in [0, 0.05) is 11.6 Å². The summed E-state index contributed by atoms with van der Waals surface area (Å²) in [5, 5.41) is 5.25. The number of fused-ring (bicyclic) bond motifs is 1. The van der Waals surface area contributed by atoms with Crippen LogP contribution in [0.3, 0.4) is 0 Å². The summed E-state index contributed by atoms with van der Waals surface area (Å²) in [6.07, 6.45) is 5.26. The molecule has 0 bridgehead atoms. The standard InChI is InChI=1S/C12H9BrN4/c13-8-5-16-17(7-8)12-9-3-1-2-4-11(9)15-6-10(12)14/h1-7H,14H2. The molecule has 0 spiro atoms. The molecule has 0 saturated heterocycles. The zero-order valence-electron chi connectivity index (χ0n) is 8.84. The zero-order chi connectivity index (χ0) is 11.8. The minimum absolute atomic E-state index is 0.610. The van der Waals surface area contributed by atoms with Gasteiger partial charge in [0.1, 0.15) is 0 Å². The van der Waals surface area contributed by atoms with Gasteiger partial charge >= 0.3 is 0 Å². The average Bonchev–Trinajstić information content (AvgIpc) is 2.75. The largest absolute Gasteiger partial charge is 0.396 e. The van der Waals surface area contributed by atoms with Crippen molar-refractivity contribution in [1.82, 2.24) is 14.8 Å². The third-order valence-corrected chi connectivity index (χ3v) is 2.97. The van der Waals surface area contributed by atoms with Crippen LogP contribution in [-0.2, 0) is 0 Å². The highest BCUT2D eigenvalue weighted by atomic mass is 79.9. The molecule has 0 amide bonds. The molecule has 84 valence electrons. The Bertz CT molecular complexity index is 690. The first-order chi connectivity index (χ1) is 8.25. The number of rotatable bonds is 1. The zero-order valence-corrected chi connectivity index (χ0v) is 10.4. The van der Waals surface area contributed by atoms with Crippen molar-refractivity contribution in [1.29, 1.82) is 0 Å². The van der Waals surface area contributed by atoms with Crippen LogP contribution in [0.1, 0.15) is 0 Å². The van der Waals surface area contributed by atoms with E-state index < -0.39 is 0 Å². The summed E-state index contributed by atoms with van der Waals surface area (Å²) in [7, 11) is 0. The Balaban J connectivity index is 2.38. The maximum Gasteiger partial charge on any atom is 0.0985 e. The van der Waals surface area contributed by atoms with E-state index in [0.29, 0.717) is 5.69 Å². The highest BCUT2D eigenvalue weighted by Crippen LogP contribution is 2.26. The second-order valence-corrected chi connectivity index (χ2v) is 4.60. The summed E-state index contributed by atoms with van der Waals surface area (Å²) < 4.78 is 2.67. The third kappa shape index (κ3) is 1.68. The minimum atomic E-state index is 0.610. The Kier molecular flexibility index (Phi) is 2.33. The van der Waals surface area contributed by atoms with Gasteiger partial charge in [0.25, 0.3) is 0 Å². The predicted octanol–water partition coefficient (Wildman–Crippen LogP) is 2.77. The third-order valence-electron chi connectivity index (χ3n) is 2.56. The van der Waals surface area contributed by atoms with Crippen LogP contribution >= 0.6 is 15.9 Å². The van der Waals surface area contributed by atoms with E-state index in [0.717, 1.165) is 21.1 Å². The number of pyridine rings is 1. The molecule has 0 radical (unpaired) electrons. The summed E-state index contributed by atoms with van der Waals surface area (Å²) >= 11 is 3.38. The molecule has 0 aliphatic rings. The highest BCUT2D eigenvalue weighted by molar-refractivity contribution is 9.10. The van der Waals surface area contributed by atoms with Crippen LogP contribution in [0.25, 0.3) is 16.6 Å². The van der Waals surface area contributed by atoms with Crippen molar-refractivity contribution in [3.05, 3.63) is 47.3 Å². The number of hydrogen-bond acceptors (Lipinski definition) is 3. The fourth-order valence-electron chi connectivity index (χ4n) is 1.82. The fourth-order valence-corrected chi connectivity index (χ4v) is 2.11. The molecule has 17 heavy (non-hydrogen) atoms. The van der Waals surface area contributed by atoms with Gasteiger partial charge in [-0.15, -0.1) is 0 Å². The number of anilines is 1. The molecule has 0 unspecified atom stereocenters. The van der Waals surface area contributed by atoms with E-state index in [-0.39, 0.29) is 0 Å². The fraction of sp³-hybridized carbons (Fsp3) is 0. The van der Waals surface area contributed by atoms with Crippen LogP contribution in [0.4, 0.5) is 5.69 Å². The lowest BCUT2D eigenvalue weighted by atomic mass is 10.1. The van der Waals surface area contributed by atoms with Crippen molar-refractivity contribution in [3.8, 4) is 5.69 Å². The maximum absolute atomic E-state index is 5.99. The quantitative estimate of drug-likeness (QED) is 0.749. The molecular weight excluding hydrogens is 280 g/mol. The minimum Gasteiger partial charge on any atom is -0.396 e. The Morgan fingerprint density at radius 1 is 1.18 bits per heavy atom. The lowest BCUT2D eigenvalue weighted by Crippen LogP contribution is -2.02. The van der Waals surface area contributed by atoms with E-state index in [9.17, 15) is 0 Å². The molecular formula is C12H9BrN4. The molecule has 0 saturated carbocycles. The maximum atomic E-state index is 5.99. The van der Waals surface area contributed by atoms with Crippen molar-refractivity contribution in [2.75, 3.05) is 5.73 Å². The molecule has 0 aliphatic carbocycles. The second kappa shape index (κ2) is 3.85. The Labute approximate surface area is 106 Å². The van der Waals surface area contributed by atoms with Crippen molar-refractivity contribution in [2.45, 2.75) is 0 Å². The van der Waals surface area contributed by atoms with Crippen LogP contribution in [-0.4, -0.2) is 14.8 Å². The predicted molar refractivity (Wildman–Crippen MR) is 71.0 cm³/mol. The SMILES string of the molecule is Nc1cnc2ccccc2c1-n1cc(Br)cn1. The summed E-state index contributed by atoms with van der Waals surface area (Å²) in [5.74, 6) is 0. The monoisotopic (exact) mass is 288 g/mol. The first-order valence-corrected chi connectivity index (χ1v) is 5.89. The molecule has 0 atom stereocenters. The van der Waals surface area contributed by atoms with Crippen LogP contribution < -0.4 is 5.73 Å². The summed E-state index contributed by atoms with van der Waals surface area (Å²) in [4.78, 5) is 4.30. The van der Waals surface area contributed by atoms with Gasteiger partial charge in [0.15, 0.2) is 0 Å². The van der Waals surface area contributed by atoms with Gasteiger partial charge in [0.2, 0.25) is 0 Å². The summed E-state index contributed by atoms with van der Waals surface area (Å²) in [6.45, 7) is 0. The van der Waals surface area contributed by atoms with Crippen molar-refractivity contribution in [3.63, 3.8) is 0 Å². The first-order valence-electron chi connectivity index (χ1n) is 5.09. The van der Waals surface area contributed by atoms with E-state index in [4.69, 9.17) is 5.73 Å². The van der Waals surface area contributed by atoms with Crippen molar-refractivity contribution < 1.29 is 0 Å². The number of nitrogen functional groups attached to an aromatic ring is 1. The Morgan fingerprint density at radius 3 is 2.76 bits per heavy atom. The molecule has 3 rings (SSSR count). The van der Waals surface area contributed by atoms with Gasteiger partial charge in [-0.2, -0.15) is 5.10 Å². The van der Waals surface area contributed by atoms with Gasteiger partial charge < -0.3 is 5.73 Å².